The molecule has 0 saturated carbocycles. The first-order valence-corrected chi connectivity index (χ1v) is 6.78. The number of benzene rings is 1. The van der Waals surface area contributed by atoms with Crippen LogP contribution in [0.1, 0.15) is 10.4 Å². The van der Waals surface area contributed by atoms with E-state index in [1.165, 1.54) is 11.3 Å². The van der Waals surface area contributed by atoms with Crippen molar-refractivity contribution in [2.45, 2.75) is 0 Å². The van der Waals surface area contributed by atoms with Crippen molar-refractivity contribution in [1.29, 1.82) is 0 Å². The van der Waals surface area contributed by atoms with Crippen molar-refractivity contribution in [3.8, 4) is 0 Å². The molecule has 1 aromatic carbocycles. The summed E-state index contributed by atoms with van der Waals surface area (Å²) in [7, 11) is 0. The molecule has 0 bridgehead atoms. The number of carbonyl (C=O) groups is 2. The van der Waals surface area contributed by atoms with E-state index in [1.807, 2.05) is 0 Å². The molecule has 98 valence electrons. The Hall–Kier alpha value is -1.92. The molecule has 0 unspecified atom stereocenters. The van der Waals surface area contributed by atoms with Crippen molar-refractivity contribution in [1.82, 2.24) is 4.98 Å². The van der Waals surface area contributed by atoms with E-state index in [-0.39, 0.29) is 17.7 Å². The Morgan fingerprint density at radius 3 is 2.74 bits per heavy atom. The number of carbonyl (C=O) groups excluding carboxylic acids is 2. The van der Waals surface area contributed by atoms with E-state index in [0.29, 0.717) is 16.4 Å². The smallest absolute Gasteiger partial charge is 0.259 e. The molecule has 1 heterocycles. The van der Waals surface area contributed by atoms with Gasteiger partial charge in [-0.2, -0.15) is 0 Å². The molecule has 0 fully saturated rings. The fraction of sp³-hybridized carbons (Fsp3) is 0.0833. The number of rotatable bonds is 4. The van der Waals surface area contributed by atoms with Gasteiger partial charge in [0.15, 0.2) is 5.13 Å². The van der Waals surface area contributed by atoms with Gasteiger partial charge in [-0.25, -0.2) is 4.98 Å². The van der Waals surface area contributed by atoms with Crippen LogP contribution in [0.15, 0.2) is 35.8 Å². The number of amides is 2. The Bertz CT molecular complexity index is 586. The molecule has 1 aromatic heterocycles. The van der Waals surface area contributed by atoms with Gasteiger partial charge >= 0.3 is 0 Å². The number of nitrogens with zero attached hydrogens (tertiary/aromatic N) is 1. The van der Waals surface area contributed by atoms with Crippen LogP contribution >= 0.6 is 22.9 Å². The summed E-state index contributed by atoms with van der Waals surface area (Å²) >= 11 is 6.75. The zero-order valence-electron chi connectivity index (χ0n) is 9.72. The lowest BCUT2D eigenvalue weighted by Gasteiger charge is -2.09. The number of thiazole rings is 1. The molecule has 19 heavy (non-hydrogen) atoms. The maximum atomic E-state index is 12.1. The average molecular weight is 296 g/mol. The van der Waals surface area contributed by atoms with Crippen LogP contribution < -0.4 is 10.6 Å². The minimum atomic E-state index is -0.365. The number of nitrogens with one attached hydrogen (secondary N) is 2. The van der Waals surface area contributed by atoms with Gasteiger partial charge in [0.2, 0.25) is 5.91 Å². The Morgan fingerprint density at radius 2 is 2.05 bits per heavy atom. The normalized spacial score (nSPS) is 9.95. The lowest BCUT2D eigenvalue weighted by molar-refractivity contribution is -0.113. The van der Waals surface area contributed by atoms with Gasteiger partial charge in [-0.05, 0) is 12.1 Å². The molecule has 0 aliphatic heterocycles. The number of hydrogen-bond acceptors (Lipinski definition) is 4. The predicted molar refractivity (Wildman–Crippen MR) is 75.9 cm³/mol. The third-order valence-electron chi connectivity index (χ3n) is 2.22. The lowest BCUT2D eigenvalue weighted by atomic mass is 10.1. The Labute approximate surface area is 118 Å². The lowest BCUT2D eigenvalue weighted by Crippen LogP contribution is -2.18. The van der Waals surface area contributed by atoms with Crippen molar-refractivity contribution >= 4 is 45.6 Å². The van der Waals surface area contributed by atoms with Crippen LogP contribution in [0.25, 0.3) is 0 Å². The SMILES string of the molecule is O=C(CCl)Nc1ccccc1C(=O)Nc1nccs1. The maximum absolute atomic E-state index is 12.1. The Balaban J connectivity index is 2.19. The fourth-order valence-corrected chi connectivity index (χ4v) is 2.01. The molecule has 0 saturated heterocycles. The first-order valence-electron chi connectivity index (χ1n) is 5.36. The highest BCUT2D eigenvalue weighted by Gasteiger charge is 2.13. The van der Waals surface area contributed by atoms with E-state index < -0.39 is 0 Å². The first-order chi connectivity index (χ1) is 9.20. The number of alkyl halides is 1. The highest BCUT2D eigenvalue weighted by molar-refractivity contribution is 7.13. The van der Waals surface area contributed by atoms with E-state index >= 15 is 0 Å². The van der Waals surface area contributed by atoms with Crippen molar-refractivity contribution in [2.75, 3.05) is 16.5 Å². The van der Waals surface area contributed by atoms with Gasteiger partial charge < -0.3 is 5.32 Å². The molecule has 0 atom stereocenters. The van der Waals surface area contributed by atoms with E-state index in [9.17, 15) is 9.59 Å². The van der Waals surface area contributed by atoms with Crippen LogP contribution in [-0.4, -0.2) is 22.7 Å². The molecule has 0 aliphatic rings. The average Bonchev–Trinajstić information content (AvgIpc) is 2.92. The van der Waals surface area contributed by atoms with E-state index in [4.69, 9.17) is 11.6 Å². The van der Waals surface area contributed by atoms with Gasteiger partial charge in [0, 0.05) is 11.6 Å². The molecule has 2 aromatic rings. The molecule has 5 nitrogen and oxygen atoms in total. The molecule has 0 spiro atoms. The van der Waals surface area contributed by atoms with Crippen LogP contribution in [0.3, 0.4) is 0 Å². The molecule has 7 heteroatoms. The molecular weight excluding hydrogens is 286 g/mol. The van der Waals surface area contributed by atoms with Crippen LogP contribution in [0, 0.1) is 0 Å². The van der Waals surface area contributed by atoms with Gasteiger partial charge in [-0.3, -0.25) is 14.9 Å². The van der Waals surface area contributed by atoms with E-state index in [2.05, 4.69) is 15.6 Å². The minimum absolute atomic E-state index is 0.164. The predicted octanol–water partition coefficient (Wildman–Crippen LogP) is 2.57. The van der Waals surface area contributed by atoms with Crippen molar-refractivity contribution in [3.05, 3.63) is 41.4 Å². The number of hydrogen-bond donors (Lipinski definition) is 2. The van der Waals surface area contributed by atoms with Crippen molar-refractivity contribution < 1.29 is 9.59 Å². The zero-order valence-corrected chi connectivity index (χ0v) is 11.3. The Morgan fingerprint density at radius 1 is 1.26 bits per heavy atom. The molecule has 0 radical (unpaired) electrons. The number of anilines is 2. The first kappa shape index (κ1) is 13.5. The third kappa shape index (κ3) is 3.52. The maximum Gasteiger partial charge on any atom is 0.259 e. The third-order valence-corrected chi connectivity index (χ3v) is 3.15. The summed E-state index contributed by atoms with van der Waals surface area (Å²) in [6.45, 7) is 0. The van der Waals surface area contributed by atoms with Crippen LogP contribution in [0.5, 0.6) is 0 Å². The van der Waals surface area contributed by atoms with Gasteiger partial charge in [0.05, 0.1) is 11.3 Å². The fourth-order valence-electron chi connectivity index (χ4n) is 1.42. The van der Waals surface area contributed by atoms with E-state index in [1.54, 1.807) is 35.8 Å². The number of halogens is 1. The van der Waals surface area contributed by atoms with Crippen LogP contribution in [-0.2, 0) is 4.79 Å². The van der Waals surface area contributed by atoms with Crippen LogP contribution in [0.2, 0.25) is 0 Å². The summed E-state index contributed by atoms with van der Waals surface area (Å²) in [5, 5.41) is 7.49. The van der Waals surface area contributed by atoms with Crippen LogP contribution in [0.4, 0.5) is 10.8 Å². The summed E-state index contributed by atoms with van der Waals surface area (Å²) in [6, 6.07) is 6.70. The van der Waals surface area contributed by atoms with Crippen molar-refractivity contribution in [2.24, 2.45) is 0 Å². The number of aromatic nitrogens is 1. The molecular formula is C12H10ClN3O2S. The molecule has 2 N–H and O–H groups in total. The summed E-state index contributed by atoms with van der Waals surface area (Å²) in [6.07, 6.45) is 1.60. The molecule has 2 amide bonds. The highest BCUT2D eigenvalue weighted by Crippen LogP contribution is 2.18. The van der Waals surface area contributed by atoms with Crippen molar-refractivity contribution in [3.63, 3.8) is 0 Å². The quantitative estimate of drug-likeness (QED) is 0.852. The second kappa shape index (κ2) is 6.31. The molecule has 2 rings (SSSR count). The van der Waals surface area contributed by atoms with Gasteiger partial charge in [0.1, 0.15) is 5.88 Å². The summed E-state index contributed by atoms with van der Waals surface area (Å²) in [5.74, 6) is -0.862. The second-order valence-corrected chi connectivity index (χ2v) is 4.68. The summed E-state index contributed by atoms with van der Waals surface area (Å²) in [4.78, 5) is 27.3. The second-order valence-electron chi connectivity index (χ2n) is 3.52. The molecule has 0 aliphatic carbocycles. The minimum Gasteiger partial charge on any atom is -0.324 e. The number of para-hydroxylation sites is 1. The largest absolute Gasteiger partial charge is 0.324 e. The Kier molecular flexibility index (Phi) is 4.48. The van der Waals surface area contributed by atoms with Gasteiger partial charge in [-0.15, -0.1) is 22.9 Å². The summed E-state index contributed by atoms with van der Waals surface area (Å²) < 4.78 is 0. The standard InChI is InChI=1S/C12H10ClN3O2S/c13-7-10(17)15-9-4-2-1-3-8(9)11(18)16-12-14-5-6-19-12/h1-6H,7H2,(H,15,17)(H,14,16,18). The van der Waals surface area contributed by atoms with E-state index in [0.717, 1.165) is 0 Å². The van der Waals surface area contributed by atoms with Gasteiger partial charge in [0.25, 0.3) is 5.91 Å². The topological polar surface area (TPSA) is 71.1 Å². The highest BCUT2D eigenvalue weighted by atomic mass is 35.5. The monoisotopic (exact) mass is 295 g/mol. The zero-order chi connectivity index (χ0) is 13.7. The summed E-state index contributed by atoms with van der Waals surface area (Å²) in [5.41, 5.74) is 0.776. The van der Waals surface area contributed by atoms with Gasteiger partial charge in [-0.1, -0.05) is 12.1 Å².